The first kappa shape index (κ1) is 24.0. The van der Waals surface area contributed by atoms with Crippen LogP contribution in [0.3, 0.4) is 0 Å². The van der Waals surface area contributed by atoms with Gasteiger partial charge in [-0.3, -0.25) is 0 Å². The quantitative estimate of drug-likeness (QED) is 0.238. The Bertz CT molecular complexity index is 226. The summed E-state index contributed by atoms with van der Waals surface area (Å²) in [5, 5.41) is 0. The second-order valence-corrected chi connectivity index (χ2v) is 8.21. The van der Waals surface area contributed by atoms with E-state index in [1.807, 2.05) is 0 Å². The first-order valence-corrected chi connectivity index (χ1v) is 11.4. The lowest BCUT2D eigenvalue weighted by Crippen LogP contribution is -2.05. The summed E-state index contributed by atoms with van der Waals surface area (Å²) in [6.45, 7) is 7.93. The van der Waals surface area contributed by atoms with Crippen molar-refractivity contribution in [2.75, 3.05) is 6.54 Å². The molecular weight excluding hydrogens is 290 g/mol. The lowest BCUT2D eigenvalue weighted by Gasteiger charge is -2.19. The van der Waals surface area contributed by atoms with Crippen LogP contribution in [-0.4, -0.2) is 6.54 Å². The maximum Gasteiger partial charge on any atom is -0.00773 e. The smallest absolute Gasteiger partial charge is 0.00773 e. The fraction of sp³-hybridized carbons (Fsp3) is 1.00. The zero-order valence-electron chi connectivity index (χ0n) is 17.5. The van der Waals surface area contributed by atoms with E-state index in [0.717, 1.165) is 18.4 Å². The van der Waals surface area contributed by atoms with E-state index in [1.165, 1.54) is 109 Å². The van der Waals surface area contributed by atoms with Gasteiger partial charge in [-0.2, -0.15) is 0 Å². The maximum absolute atomic E-state index is 5.63. The van der Waals surface area contributed by atoms with E-state index >= 15 is 0 Å². The molecule has 0 bridgehead atoms. The van der Waals surface area contributed by atoms with Crippen molar-refractivity contribution in [2.24, 2.45) is 17.6 Å². The normalized spacial score (nSPS) is 14.0. The van der Waals surface area contributed by atoms with Crippen LogP contribution in [0.4, 0.5) is 0 Å². The minimum Gasteiger partial charge on any atom is -0.330 e. The molecule has 2 N–H and O–H groups in total. The van der Waals surface area contributed by atoms with Gasteiger partial charge in [-0.05, 0) is 24.8 Å². The molecule has 1 nitrogen and oxygen atoms in total. The summed E-state index contributed by atoms with van der Waals surface area (Å²) in [6, 6.07) is 0. The lowest BCUT2D eigenvalue weighted by atomic mass is 9.87. The standard InChI is InChI=1S/C23H49N/c1-4-6-7-8-9-10-11-12-14-17-23(18-15-13-16-21-24)20-19-22(3)5-2/h22-23H,4-21,24H2,1-3H3. The molecule has 0 heterocycles. The Morgan fingerprint density at radius 3 is 1.58 bits per heavy atom. The van der Waals surface area contributed by atoms with Gasteiger partial charge in [-0.25, -0.2) is 0 Å². The fourth-order valence-corrected chi connectivity index (χ4v) is 3.66. The van der Waals surface area contributed by atoms with E-state index in [9.17, 15) is 0 Å². The van der Waals surface area contributed by atoms with Gasteiger partial charge in [0.05, 0.1) is 0 Å². The predicted octanol–water partition coefficient (Wildman–Crippen LogP) is 7.87. The molecule has 0 saturated carbocycles. The van der Waals surface area contributed by atoms with Gasteiger partial charge in [0.1, 0.15) is 0 Å². The highest BCUT2D eigenvalue weighted by molar-refractivity contribution is 4.63. The van der Waals surface area contributed by atoms with Gasteiger partial charge in [-0.15, -0.1) is 0 Å². The average molecular weight is 340 g/mol. The molecule has 24 heavy (non-hydrogen) atoms. The van der Waals surface area contributed by atoms with Crippen LogP contribution in [0, 0.1) is 11.8 Å². The molecular formula is C23H49N. The first-order valence-electron chi connectivity index (χ1n) is 11.4. The van der Waals surface area contributed by atoms with Crippen molar-refractivity contribution in [2.45, 2.75) is 130 Å². The number of unbranched alkanes of at least 4 members (excludes halogenated alkanes) is 10. The molecule has 0 aliphatic heterocycles. The third-order valence-electron chi connectivity index (χ3n) is 5.80. The Morgan fingerprint density at radius 1 is 0.583 bits per heavy atom. The molecule has 0 aromatic carbocycles. The van der Waals surface area contributed by atoms with E-state index in [-0.39, 0.29) is 0 Å². The fourth-order valence-electron chi connectivity index (χ4n) is 3.66. The highest BCUT2D eigenvalue weighted by Gasteiger charge is 2.10. The van der Waals surface area contributed by atoms with E-state index in [2.05, 4.69) is 20.8 Å². The monoisotopic (exact) mass is 339 g/mol. The number of hydrogen-bond donors (Lipinski definition) is 1. The van der Waals surface area contributed by atoms with E-state index in [1.54, 1.807) is 0 Å². The van der Waals surface area contributed by atoms with Crippen molar-refractivity contribution in [3.8, 4) is 0 Å². The topological polar surface area (TPSA) is 26.0 Å². The Balaban J connectivity index is 3.69. The summed E-state index contributed by atoms with van der Waals surface area (Å²) in [5.74, 6) is 1.90. The van der Waals surface area contributed by atoms with Crippen LogP contribution in [0.2, 0.25) is 0 Å². The molecule has 0 radical (unpaired) electrons. The van der Waals surface area contributed by atoms with Gasteiger partial charge in [0, 0.05) is 0 Å². The van der Waals surface area contributed by atoms with E-state index in [4.69, 9.17) is 5.73 Å². The second kappa shape index (κ2) is 19.3. The molecule has 0 aromatic rings. The highest BCUT2D eigenvalue weighted by atomic mass is 14.5. The molecule has 0 rings (SSSR count). The number of hydrogen-bond acceptors (Lipinski definition) is 1. The van der Waals surface area contributed by atoms with Crippen molar-refractivity contribution in [1.82, 2.24) is 0 Å². The molecule has 2 unspecified atom stereocenters. The summed E-state index contributed by atoms with van der Waals surface area (Å²) in [6.07, 6.45) is 24.2. The molecule has 0 saturated heterocycles. The number of nitrogens with two attached hydrogens (primary N) is 1. The van der Waals surface area contributed by atoms with Crippen LogP contribution in [0.15, 0.2) is 0 Å². The zero-order valence-corrected chi connectivity index (χ0v) is 17.5. The minimum atomic E-state index is 0.871. The average Bonchev–Trinajstić information content (AvgIpc) is 2.60. The minimum absolute atomic E-state index is 0.871. The lowest BCUT2D eigenvalue weighted by molar-refractivity contribution is 0.343. The van der Waals surface area contributed by atoms with E-state index < -0.39 is 0 Å². The van der Waals surface area contributed by atoms with Gasteiger partial charge in [0.25, 0.3) is 0 Å². The third-order valence-corrected chi connectivity index (χ3v) is 5.80. The Kier molecular flexibility index (Phi) is 19.3. The Hall–Kier alpha value is -0.0400. The summed E-state index contributed by atoms with van der Waals surface area (Å²) >= 11 is 0. The van der Waals surface area contributed by atoms with Gasteiger partial charge < -0.3 is 5.73 Å². The number of rotatable bonds is 19. The SMILES string of the molecule is CCCCCCCCCCCC(CCCCCN)CCC(C)CC. The van der Waals surface area contributed by atoms with Crippen LogP contribution in [0.1, 0.15) is 130 Å². The Morgan fingerprint density at radius 2 is 1.08 bits per heavy atom. The highest BCUT2D eigenvalue weighted by Crippen LogP contribution is 2.25. The Labute approximate surface area is 154 Å². The second-order valence-electron chi connectivity index (χ2n) is 8.21. The van der Waals surface area contributed by atoms with Crippen molar-refractivity contribution in [3.05, 3.63) is 0 Å². The summed E-state index contributed by atoms with van der Waals surface area (Å²) in [5.41, 5.74) is 5.63. The van der Waals surface area contributed by atoms with Crippen LogP contribution < -0.4 is 5.73 Å². The van der Waals surface area contributed by atoms with Crippen molar-refractivity contribution < 1.29 is 0 Å². The molecule has 0 fully saturated rings. The molecule has 0 spiro atoms. The van der Waals surface area contributed by atoms with Gasteiger partial charge in [0.2, 0.25) is 0 Å². The third kappa shape index (κ3) is 16.8. The van der Waals surface area contributed by atoms with Gasteiger partial charge in [-0.1, -0.05) is 124 Å². The summed E-state index contributed by atoms with van der Waals surface area (Å²) < 4.78 is 0. The van der Waals surface area contributed by atoms with Crippen molar-refractivity contribution >= 4 is 0 Å². The zero-order chi connectivity index (χ0) is 17.9. The van der Waals surface area contributed by atoms with E-state index in [0.29, 0.717) is 0 Å². The van der Waals surface area contributed by atoms with Crippen molar-refractivity contribution in [3.63, 3.8) is 0 Å². The summed E-state index contributed by atoms with van der Waals surface area (Å²) in [4.78, 5) is 0. The van der Waals surface area contributed by atoms with Gasteiger partial charge in [0.15, 0.2) is 0 Å². The molecule has 0 aromatic heterocycles. The predicted molar refractivity (Wildman–Crippen MR) is 112 cm³/mol. The molecule has 0 aliphatic rings. The molecule has 0 aliphatic carbocycles. The van der Waals surface area contributed by atoms with Crippen LogP contribution in [0.25, 0.3) is 0 Å². The van der Waals surface area contributed by atoms with Crippen LogP contribution in [0.5, 0.6) is 0 Å². The molecule has 2 atom stereocenters. The first-order chi connectivity index (χ1) is 11.7. The van der Waals surface area contributed by atoms with Crippen LogP contribution >= 0.6 is 0 Å². The molecule has 1 heteroatoms. The maximum atomic E-state index is 5.63. The van der Waals surface area contributed by atoms with Crippen molar-refractivity contribution in [1.29, 1.82) is 0 Å². The molecule has 146 valence electrons. The largest absolute Gasteiger partial charge is 0.330 e. The summed E-state index contributed by atoms with van der Waals surface area (Å²) in [7, 11) is 0. The molecule has 0 amide bonds. The van der Waals surface area contributed by atoms with Gasteiger partial charge >= 0.3 is 0 Å². The van der Waals surface area contributed by atoms with Crippen LogP contribution in [-0.2, 0) is 0 Å².